The molecule has 1 saturated heterocycles. The van der Waals surface area contributed by atoms with E-state index < -0.39 is 19.7 Å². The van der Waals surface area contributed by atoms with Crippen LogP contribution in [0.1, 0.15) is 13.8 Å². The SMILES string of the molecule is CC1(C)OCC(C#N)(O[Si](C)(C)C)CO1. The molecule has 0 unspecified atom stereocenters. The molecule has 1 heterocycles. The molecule has 86 valence electrons. The molecule has 1 rings (SSSR count). The van der Waals surface area contributed by atoms with Crippen LogP contribution in [0.3, 0.4) is 0 Å². The van der Waals surface area contributed by atoms with Gasteiger partial charge in [-0.15, -0.1) is 0 Å². The van der Waals surface area contributed by atoms with Gasteiger partial charge in [-0.25, -0.2) is 0 Å². The molecule has 0 atom stereocenters. The van der Waals surface area contributed by atoms with Crippen LogP contribution in [0, 0.1) is 11.3 Å². The van der Waals surface area contributed by atoms with E-state index in [0.717, 1.165) is 0 Å². The van der Waals surface area contributed by atoms with E-state index in [1.807, 2.05) is 33.5 Å². The highest BCUT2D eigenvalue weighted by Gasteiger charge is 2.44. The van der Waals surface area contributed by atoms with E-state index in [2.05, 4.69) is 6.07 Å². The first kappa shape index (κ1) is 12.7. The van der Waals surface area contributed by atoms with Crippen molar-refractivity contribution in [3.63, 3.8) is 0 Å². The zero-order chi connectivity index (χ0) is 11.7. The van der Waals surface area contributed by atoms with Crippen molar-refractivity contribution >= 4 is 8.32 Å². The van der Waals surface area contributed by atoms with Crippen molar-refractivity contribution < 1.29 is 13.9 Å². The summed E-state index contributed by atoms with van der Waals surface area (Å²) in [5, 5.41) is 9.16. The lowest BCUT2D eigenvalue weighted by molar-refractivity contribution is -0.285. The van der Waals surface area contributed by atoms with Crippen molar-refractivity contribution in [3.8, 4) is 6.07 Å². The van der Waals surface area contributed by atoms with Gasteiger partial charge >= 0.3 is 0 Å². The number of ether oxygens (including phenoxy) is 2. The van der Waals surface area contributed by atoms with Gasteiger partial charge < -0.3 is 13.9 Å². The average molecular weight is 229 g/mol. The fourth-order valence-corrected chi connectivity index (χ4v) is 2.73. The molecule has 0 amide bonds. The Labute approximate surface area is 92.3 Å². The summed E-state index contributed by atoms with van der Waals surface area (Å²) < 4.78 is 16.8. The Hall–Kier alpha value is -0.413. The number of nitrogens with zero attached hydrogens (tertiary/aromatic N) is 1. The van der Waals surface area contributed by atoms with Crippen molar-refractivity contribution in [2.45, 2.75) is 44.9 Å². The van der Waals surface area contributed by atoms with E-state index in [-0.39, 0.29) is 13.2 Å². The van der Waals surface area contributed by atoms with Gasteiger partial charge in [0.05, 0.1) is 13.2 Å². The summed E-state index contributed by atoms with van der Waals surface area (Å²) in [5.41, 5.74) is -0.917. The van der Waals surface area contributed by atoms with Gasteiger partial charge in [-0.3, -0.25) is 0 Å². The van der Waals surface area contributed by atoms with Gasteiger partial charge in [0.2, 0.25) is 0 Å². The molecule has 0 aromatic carbocycles. The second kappa shape index (κ2) is 3.87. The molecule has 0 aromatic rings. The van der Waals surface area contributed by atoms with Crippen LogP contribution in [0.25, 0.3) is 0 Å². The molecule has 0 radical (unpaired) electrons. The van der Waals surface area contributed by atoms with E-state index in [1.54, 1.807) is 0 Å². The van der Waals surface area contributed by atoms with Gasteiger partial charge in [0, 0.05) is 0 Å². The third-order valence-electron chi connectivity index (χ3n) is 2.01. The maximum Gasteiger partial charge on any atom is 0.191 e. The summed E-state index contributed by atoms with van der Waals surface area (Å²) in [6, 6.07) is 2.17. The lowest BCUT2D eigenvalue weighted by atomic mass is 10.1. The van der Waals surface area contributed by atoms with E-state index in [0.29, 0.717) is 0 Å². The van der Waals surface area contributed by atoms with Crippen molar-refractivity contribution in [2.75, 3.05) is 13.2 Å². The normalized spacial score (nSPS) is 24.5. The first-order valence-corrected chi connectivity index (χ1v) is 8.48. The Balaban J connectivity index is 2.70. The molecule has 0 aliphatic carbocycles. The van der Waals surface area contributed by atoms with Crippen molar-refractivity contribution in [2.24, 2.45) is 0 Å². The van der Waals surface area contributed by atoms with Gasteiger partial charge in [-0.1, -0.05) is 0 Å². The Morgan fingerprint density at radius 2 is 1.67 bits per heavy atom. The number of nitriles is 1. The molecule has 15 heavy (non-hydrogen) atoms. The second-order valence-electron chi connectivity index (χ2n) is 5.30. The number of hydrogen-bond donors (Lipinski definition) is 0. The predicted octanol–water partition coefficient (Wildman–Crippen LogP) is 1.88. The molecule has 1 aliphatic heterocycles. The molecule has 0 saturated carbocycles. The maximum absolute atomic E-state index is 9.16. The summed E-state index contributed by atoms with van der Waals surface area (Å²) >= 11 is 0. The lowest BCUT2D eigenvalue weighted by Gasteiger charge is -2.41. The fraction of sp³-hybridized carbons (Fsp3) is 0.900. The molecule has 0 bridgehead atoms. The Bertz CT molecular complexity index is 267. The summed E-state index contributed by atoms with van der Waals surface area (Å²) in [6.07, 6.45) is 0. The van der Waals surface area contributed by atoms with Crippen LogP contribution in [-0.2, 0) is 13.9 Å². The van der Waals surface area contributed by atoms with Crippen LogP contribution in [0.15, 0.2) is 0 Å². The smallest absolute Gasteiger partial charge is 0.191 e. The molecular weight excluding hydrogens is 210 g/mol. The van der Waals surface area contributed by atoms with E-state index >= 15 is 0 Å². The van der Waals surface area contributed by atoms with Crippen molar-refractivity contribution in [1.29, 1.82) is 5.26 Å². The highest BCUT2D eigenvalue weighted by Crippen LogP contribution is 2.28. The van der Waals surface area contributed by atoms with Gasteiger partial charge in [0.25, 0.3) is 0 Å². The highest BCUT2D eigenvalue weighted by molar-refractivity contribution is 6.69. The van der Waals surface area contributed by atoms with E-state index in [9.17, 15) is 0 Å². The molecule has 0 aromatic heterocycles. The van der Waals surface area contributed by atoms with Gasteiger partial charge in [0.15, 0.2) is 19.7 Å². The summed E-state index contributed by atoms with van der Waals surface area (Å²) in [7, 11) is -1.77. The molecule has 0 N–H and O–H groups in total. The minimum Gasteiger partial charge on any atom is -0.396 e. The Morgan fingerprint density at radius 3 is 2.00 bits per heavy atom. The highest BCUT2D eigenvalue weighted by atomic mass is 28.4. The monoisotopic (exact) mass is 229 g/mol. The maximum atomic E-state index is 9.16. The first-order chi connectivity index (χ1) is 6.68. The molecule has 1 fully saturated rings. The Morgan fingerprint density at radius 1 is 1.20 bits per heavy atom. The molecule has 1 aliphatic rings. The van der Waals surface area contributed by atoms with Crippen molar-refractivity contribution in [3.05, 3.63) is 0 Å². The summed E-state index contributed by atoms with van der Waals surface area (Å²) in [4.78, 5) is 0. The summed E-state index contributed by atoms with van der Waals surface area (Å²) in [5.74, 6) is -0.608. The molecular formula is C10H19NO3Si. The van der Waals surface area contributed by atoms with Gasteiger partial charge in [0.1, 0.15) is 6.07 Å². The number of rotatable bonds is 2. The minimum atomic E-state index is -1.77. The van der Waals surface area contributed by atoms with Gasteiger partial charge in [-0.05, 0) is 33.5 Å². The van der Waals surface area contributed by atoms with E-state index in [4.69, 9.17) is 19.2 Å². The zero-order valence-corrected chi connectivity index (χ0v) is 11.1. The van der Waals surface area contributed by atoms with Crippen LogP contribution in [-0.4, -0.2) is 32.9 Å². The van der Waals surface area contributed by atoms with Crippen LogP contribution in [0.4, 0.5) is 0 Å². The molecule has 5 heteroatoms. The van der Waals surface area contributed by atoms with Crippen LogP contribution in [0.2, 0.25) is 19.6 Å². The topological polar surface area (TPSA) is 51.5 Å². The predicted molar refractivity (Wildman–Crippen MR) is 58.8 cm³/mol. The second-order valence-corrected chi connectivity index (χ2v) is 9.73. The lowest BCUT2D eigenvalue weighted by Crippen LogP contribution is -2.55. The third-order valence-corrected chi connectivity index (χ3v) is 3.01. The average Bonchev–Trinajstić information content (AvgIpc) is 2.07. The zero-order valence-electron chi connectivity index (χ0n) is 10.1. The summed E-state index contributed by atoms with van der Waals surface area (Å²) in [6.45, 7) is 10.4. The van der Waals surface area contributed by atoms with Gasteiger partial charge in [-0.2, -0.15) is 5.26 Å². The fourth-order valence-electron chi connectivity index (χ4n) is 1.40. The largest absolute Gasteiger partial charge is 0.396 e. The van der Waals surface area contributed by atoms with Crippen LogP contribution >= 0.6 is 0 Å². The molecule has 0 spiro atoms. The van der Waals surface area contributed by atoms with Crippen molar-refractivity contribution in [1.82, 2.24) is 0 Å². The Kier molecular flexibility index (Phi) is 3.26. The molecule has 4 nitrogen and oxygen atoms in total. The minimum absolute atomic E-state index is 0.279. The van der Waals surface area contributed by atoms with E-state index in [1.165, 1.54) is 0 Å². The first-order valence-electron chi connectivity index (χ1n) is 5.07. The number of hydrogen-bond acceptors (Lipinski definition) is 4. The standard InChI is InChI=1S/C10H19NO3Si/c1-9(2)12-7-10(6-11,8-13-9)14-15(3,4)5/h7-8H2,1-5H3. The van der Waals surface area contributed by atoms with Crippen LogP contribution < -0.4 is 0 Å². The third kappa shape index (κ3) is 3.58. The van der Waals surface area contributed by atoms with Crippen LogP contribution in [0.5, 0.6) is 0 Å². The quantitative estimate of drug-likeness (QED) is 0.678.